The van der Waals surface area contributed by atoms with E-state index in [9.17, 15) is 8.42 Å². The van der Waals surface area contributed by atoms with Crippen molar-refractivity contribution in [1.82, 2.24) is 10.0 Å². The van der Waals surface area contributed by atoms with E-state index >= 15 is 0 Å². The van der Waals surface area contributed by atoms with Gasteiger partial charge in [-0.1, -0.05) is 12.2 Å². The van der Waals surface area contributed by atoms with Crippen LogP contribution in [0.3, 0.4) is 0 Å². The first kappa shape index (κ1) is 10.1. The van der Waals surface area contributed by atoms with Crippen LogP contribution in [0.25, 0.3) is 0 Å². The number of hydrogen-bond acceptors (Lipinski definition) is 3. The maximum atomic E-state index is 11.8. The SMILES string of the molecule is O=S(=O)(NC1CC=CC1)C1CCNC1. The van der Waals surface area contributed by atoms with E-state index in [4.69, 9.17) is 0 Å². The van der Waals surface area contributed by atoms with Gasteiger partial charge in [-0.15, -0.1) is 0 Å². The topological polar surface area (TPSA) is 58.2 Å². The van der Waals surface area contributed by atoms with Crippen molar-refractivity contribution in [3.05, 3.63) is 12.2 Å². The first-order valence-corrected chi connectivity index (χ1v) is 6.60. The summed E-state index contributed by atoms with van der Waals surface area (Å²) in [5, 5.41) is 2.84. The van der Waals surface area contributed by atoms with Crippen LogP contribution in [0.15, 0.2) is 12.2 Å². The average Bonchev–Trinajstić information content (AvgIpc) is 2.71. The second-order valence-corrected chi connectivity index (χ2v) is 5.91. The van der Waals surface area contributed by atoms with Gasteiger partial charge in [-0.2, -0.15) is 0 Å². The zero-order chi connectivity index (χ0) is 10.0. The second-order valence-electron chi connectivity index (χ2n) is 3.92. The minimum atomic E-state index is -3.10. The molecule has 0 bridgehead atoms. The van der Waals surface area contributed by atoms with Gasteiger partial charge in [0, 0.05) is 12.6 Å². The summed E-state index contributed by atoms with van der Waals surface area (Å²) in [5.41, 5.74) is 0. The Balaban J connectivity index is 1.94. The van der Waals surface area contributed by atoms with Crippen LogP contribution in [-0.4, -0.2) is 32.8 Å². The Labute approximate surface area is 84.8 Å². The fourth-order valence-electron chi connectivity index (χ4n) is 1.93. The summed E-state index contributed by atoms with van der Waals surface area (Å²) in [7, 11) is -3.10. The van der Waals surface area contributed by atoms with Crippen LogP contribution >= 0.6 is 0 Å². The number of hydrogen-bond donors (Lipinski definition) is 2. The van der Waals surface area contributed by atoms with Gasteiger partial charge in [0.05, 0.1) is 5.25 Å². The summed E-state index contributed by atoms with van der Waals surface area (Å²) in [4.78, 5) is 0. The van der Waals surface area contributed by atoms with Gasteiger partial charge in [-0.3, -0.25) is 0 Å². The van der Waals surface area contributed by atoms with E-state index in [1.165, 1.54) is 0 Å². The first-order chi connectivity index (χ1) is 6.68. The monoisotopic (exact) mass is 216 g/mol. The van der Waals surface area contributed by atoms with Gasteiger partial charge in [-0.25, -0.2) is 13.1 Å². The number of sulfonamides is 1. The van der Waals surface area contributed by atoms with Gasteiger partial charge in [0.15, 0.2) is 0 Å². The van der Waals surface area contributed by atoms with E-state index in [0.717, 1.165) is 25.8 Å². The molecule has 0 spiro atoms. The van der Waals surface area contributed by atoms with Crippen molar-refractivity contribution in [3.8, 4) is 0 Å². The Morgan fingerprint density at radius 3 is 2.57 bits per heavy atom. The molecule has 2 rings (SSSR count). The van der Waals surface area contributed by atoms with Crippen molar-refractivity contribution in [2.75, 3.05) is 13.1 Å². The molecule has 0 aromatic carbocycles. The third-order valence-corrected chi connectivity index (χ3v) is 4.73. The highest BCUT2D eigenvalue weighted by atomic mass is 32.2. The maximum Gasteiger partial charge on any atom is 0.216 e. The summed E-state index contributed by atoms with van der Waals surface area (Å²) in [5.74, 6) is 0. The maximum absolute atomic E-state index is 11.8. The lowest BCUT2D eigenvalue weighted by Gasteiger charge is -2.16. The van der Waals surface area contributed by atoms with E-state index in [1.807, 2.05) is 12.2 Å². The highest BCUT2D eigenvalue weighted by Gasteiger charge is 2.30. The molecule has 0 amide bonds. The van der Waals surface area contributed by atoms with E-state index < -0.39 is 10.0 Å². The fraction of sp³-hybridized carbons (Fsp3) is 0.778. The van der Waals surface area contributed by atoms with Crippen LogP contribution < -0.4 is 10.0 Å². The minimum Gasteiger partial charge on any atom is -0.315 e. The second kappa shape index (κ2) is 4.00. The van der Waals surface area contributed by atoms with Crippen molar-refractivity contribution in [1.29, 1.82) is 0 Å². The highest BCUT2D eigenvalue weighted by molar-refractivity contribution is 7.90. The molecule has 2 aliphatic rings. The predicted octanol–water partition coefficient (Wildman–Crippen LogP) is -0.0137. The molecule has 1 aliphatic heterocycles. The highest BCUT2D eigenvalue weighted by Crippen LogP contribution is 2.14. The van der Waals surface area contributed by atoms with Crippen molar-refractivity contribution < 1.29 is 8.42 Å². The molecular weight excluding hydrogens is 200 g/mol. The molecular formula is C9H16N2O2S. The lowest BCUT2D eigenvalue weighted by Crippen LogP contribution is -2.40. The molecule has 4 nitrogen and oxygen atoms in total. The summed E-state index contributed by atoms with van der Waals surface area (Å²) >= 11 is 0. The predicted molar refractivity (Wildman–Crippen MR) is 55.5 cm³/mol. The van der Waals surface area contributed by atoms with Gasteiger partial charge in [0.2, 0.25) is 10.0 Å². The fourth-order valence-corrected chi connectivity index (χ4v) is 3.55. The minimum absolute atomic E-state index is 0.0978. The molecule has 1 unspecified atom stereocenters. The van der Waals surface area contributed by atoms with Gasteiger partial charge < -0.3 is 5.32 Å². The number of nitrogens with one attached hydrogen (secondary N) is 2. The van der Waals surface area contributed by atoms with Gasteiger partial charge in [0.25, 0.3) is 0 Å². The Morgan fingerprint density at radius 1 is 1.29 bits per heavy atom. The summed E-state index contributed by atoms with van der Waals surface area (Å²) in [6.07, 6.45) is 6.45. The molecule has 1 fully saturated rings. The Kier molecular flexibility index (Phi) is 2.90. The lowest BCUT2D eigenvalue weighted by molar-refractivity contribution is 0.545. The molecule has 1 saturated heterocycles. The molecule has 2 N–H and O–H groups in total. The zero-order valence-electron chi connectivity index (χ0n) is 8.07. The van der Waals surface area contributed by atoms with Crippen LogP contribution in [0.4, 0.5) is 0 Å². The zero-order valence-corrected chi connectivity index (χ0v) is 8.89. The molecule has 14 heavy (non-hydrogen) atoms. The molecule has 1 heterocycles. The van der Waals surface area contributed by atoms with Crippen LogP contribution in [0.5, 0.6) is 0 Å². The molecule has 80 valence electrons. The molecule has 1 aliphatic carbocycles. The summed E-state index contributed by atoms with van der Waals surface area (Å²) in [6, 6.07) is 0.0978. The normalized spacial score (nSPS) is 28.7. The Hall–Kier alpha value is -0.390. The Morgan fingerprint density at radius 2 is 2.00 bits per heavy atom. The van der Waals surface area contributed by atoms with E-state index in [2.05, 4.69) is 10.0 Å². The van der Waals surface area contributed by atoms with Crippen molar-refractivity contribution >= 4 is 10.0 Å². The Bertz CT molecular complexity index is 310. The first-order valence-electron chi connectivity index (χ1n) is 5.05. The third-order valence-electron chi connectivity index (χ3n) is 2.79. The standard InChI is InChI=1S/C9H16N2O2S/c12-14(13,9-5-6-10-7-9)11-8-3-1-2-4-8/h1-2,8-11H,3-7H2. The van der Waals surface area contributed by atoms with Gasteiger partial charge in [0.1, 0.15) is 0 Å². The molecule has 0 saturated carbocycles. The molecule has 5 heteroatoms. The smallest absolute Gasteiger partial charge is 0.216 e. The van der Waals surface area contributed by atoms with E-state index in [0.29, 0.717) is 6.54 Å². The van der Waals surface area contributed by atoms with Gasteiger partial charge in [-0.05, 0) is 25.8 Å². The molecule has 0 aromatic rings. The van der Waals surface area contributed by atoms with Gasteiger partial charge >= 0.3 is 0 Å². The third kappa shape index (κ3) is 2.16. The summed E-state index contributed by atoms with van der Waals surface area (Å²) in [6.45, 7) is 1.41. The quantitative estimate of drug-likeness (QED) is 0.652. The largest absolute Gasteiger partial charge is 0.315 e. The molecule has 0 radical (unpaired) electrons. The van der Waals surface area contributed by atoms with E-state index in [1.54, 1.807) is 0 Å². The van der Waals surface area contributed by atoms with Crippen LogP contribution in [-0.2, 0) is 10.0 Å². The van der Waals surface area contributed by atoms with Crippen LogP contribution in [0.1, 0.15) is 19.3 Å². The molecule has 0 aromatic heterocycles. The van der Waals surface area contributed by atoms with Crippen LogP contribution in [0, 0.1) is 0 Å². The van der Waals surface area contributed by atoms with Crippen molar-refractivity contribution in [2.45, 2.75) is 30.6 Å². The lowest BCUT2D eigenvalue weighted by atomic mass is 10.3. The average molecular weight is 216 g/mol. The van der Waals surface area contributed by atoms with Crippen molar-refractivity contribution in [2.24, 2.45) is 0 Å². The molecule has 1 atom stereocenters. The van der Waals surface area contributed by atoms with E-state index in [-0.39, 0.29) is 11.3 Å². The number of rotatable bonds is 3. The van der Waals surface area contributed by atoms with Crippen molar-refractivity contribution in [3.63, 3.8) is 0 Å². The van der Waals surface area contributed by atoms with Crippen LogP contribution in [0.2, 0.25) is 0 Å². The summed E-state index contributed by atoms with van der Waals surface area (Å²) < 4.78 is 26.4.